The highest BCUT2D eigenvalue weighted by Gasteiger charge is 2.41. The monoisotopic (exact) mass is 467 g/mol. The molecule has 176 valence electrons. The van der Waals surface area contributed by atoms with E-state index in [9.17, 15) is 8.42 Å². The number of nitrogens with zero attached hydrogens (tertiary/aromatic N) is 3. The van der Waals surface area contributed by atoms with E-state index >= 15 is 0 Å². The zero-order valence-electron chi connectivity index (χ0n) is 19.2. The molecule has 1 aromatic carbocycles. The van der Waals surface area contributed by atoms with Gasteiger partial charge in [-0.3, -0.25) is 0 Å². The molecule has 7 nitrogen and oxygen atoms in total. The van der Waals surface area contributed by atoms with Gasteiger partial charge in [-0.25, -0.2) is 23.1 Å². The maximum Gasteiger partial charge on any atom is 0.212 e. The molecule has 33 heavy (non-hydrogen) atoms. The number of hydrogen-bond donors (Lipinski definition) is 2. The summed E-state index contributed by atoms with van der Waals surface area (Å²) in [5.74, 6) is 1.38. The zero-order chi connectivity index (χ0) is 22.9. The number of sulfonamides is 1. The molecule has 0 atom stereocenters. The van der Waals surface area contributed by atoms with E-state index in [1.54, 1.807) is 6.33 Å². The van der Waals surface area contributed by atoms with Crippen LogP contribution >= 0.6 is 0 Å². The summed E-state index contributed by atoms with van der Waals surface area (Å²) >= 11 is 0. The normalized spacial score (nSPS) is 22.7. The van der Waals surface area contributed by atoms with Gasteiger partial charge in [0.25, 0.3) is 0 Å². The summed E-state index contributed by atoms with van der Waals surface area (Å²) in [7, 11) is -1.23. The zero-order valence-corrected chi connectivity index (χ0v) is 20.0. The molecule has 2 heterocycles. The molecule has 3 aromatic rings. The number of fused-ring (bicyclic) bond motifs is 1. The molecule has 0 unspecified atom stereocenters. The molecule has 2 aliphatic rings. The number of anilines is 1. The molecular formula is C25H33N5O2S. The van der Waals surface area contributed by atoms with E-state index in [1.165, 1.54) is 5.56 Å². The second-order valence-corrected chi connectivity index (χ2v) is 11.7. The van der Waals surface area contributed by atoms with Gasteiger partial charge in [-0.15, -0.1) is 0 Å². The van der Waals surface area contributed by atoms with Crippen LogP contribution in [-0.4, -0.2) is 47.8 Å². The average Bonchev–Trinajstić information content (AvgIpc) is 3.27. The third-order valence-corrected chi connectivity index (χ3v) is 9.21. The Morgan fingerprint density at radius 2 is 1.85 bits per heavy atom. The van der Waals surface area contributed by atoms with Crippen molar-refractivity contribution in [1.29, 1.82) is 0 Å². The maximum absolute atomic E-state index is 13.1. The van der Waals surface area contributed by atoms with Crippen molar-refractivity contribution in [2.45, 2.75) is 62.9 Å². The van der Waals surface area contributed by atoms with Crippen LogP contribution in [0.25, 0.3) is 11.0 Å². The molecule has 8 heteroatoms. The van der Waals surface area contributed by atoms with Crippen LogP contribution < -0.4 is 9.62 Å². The highest BCUT2D eigenvalue weighted by molar-refractivity contribution is 7.89. The molecule has 0 aliphatic heterocycles. The number of aromatic amines is 1. The summed E-state index contributed by atoms with van der Waals surface area (Å²) < 4.78 is 29.3. The van der Waals surface area contributed by atoms with E-state index in [0.29, 0.717) is 6.04 Å². The van der Waals surface area contributed by atoms with Gasteiger partial charge < -0.3 is 9.88 Å². The lowest BCUT2D eigenvalue weighted by Gasteiger charge is -2.43. The van der Waals surface area contributed by atoms with Gasteiger partial charge in [-0.1, -0.05) is 30.3 Å². The van der Waals surface area contributed by atoms with E-state index in [4.69, 9.17) is 0 Å². The Bertz CT molecular complexity index is 1180. The van der Waals surface area contributed by atoms with E-state index < -0.39 is 10.0 Å². The summed E-state index contributed by atoms with van der Waals surface area (Å²) in [5, 5.41) is 1.03. The third-order valence-electron chi connectivity index (χ3n) is 7.55. The number of nitrogens with one attached hydrogen (secondary N) is 2. The Morgan fingerprint density at radius 3 is 2.55 bits per heavy atom. The van der Waals surface area contributed by atoms with Gasteiger partial charge in [0.15, 0.2) is 0 Å². The lowest BCUT2D eigenvalue weighted by atomic mass is 9.74. The molecule has 0 radical (unpaired) electrons. The van der Waals surface area contributed by atoms with Gasteiger partial charge in [0, 0.05) is 24.8 Å². The van der Waals surface area contributed by atoms with Crippen molar-refractivity contribution in [2.24, 2.45) is 5.92 Å². The van der Waals surface area contributed by atoms with Crippen molar-refractivity contribution in [3.05, 3.63) is 54.5 Å². The fraction of sp³-hybridized carbons (Fsp3) is 0.520. The molecule has 2 aliphatic carbocycles. The van der Waals surface area contributed by atoms with Gasteiger partial charge in [-0.05, 0) is 68.9 Å². The van der Waals surface area contributed by atoms with Gasteiger partial charge in [0.2, 0.25) is 10.0 Å². The molecule has 2 fully saturated rings. The molecule has 0 saturated heterocycles. The predicted octanol–water partition coefficient (Wildman–Crippen LogP) is 4.04. The van der Waals surface area contributed by atoms with Crippen LogP contribution in [0.5, 0.6) is 0 Å². The van der Waals surface area contributed by atoms with E-state index in [1.807, 2.05) is 30.5 Å². The van der Waals surface area contributed by atoms with Crippen molar-refractivity contribution in [2.75, 3.05) is 17.7 Å². The largest absolute Gasteiger partial charge is 0.356 e. The molecular weight excluding hydrogens is 434 g/mol. The van der Waals surface area contributed by atoms with Gasteiger partial charge in [-0.2, -0.15) is 0 Å². The van der Waals surface area contributed by atoms with Crippen molar-refractivity contribution in [3.8, 4) is 0 Å². The van der Waals surface area contributed by atoms with Crippen LogP contribution in [0, 0.1) is 5.92 Å². The van der Waals surface area contributed by atoms with Crippen molar-refractivity contribution >= 4 is 26.9 Å². The predicted molar refractivity (Wildman–Crippen MR) is 132 cm³/mol. The fourth-order valence-corrected chi connectivity index (χ4v) is 7.57. The molecule has 2 saturated carbocycles. The Labute approximate surface area is 196 Å². The van der Waals surface area contributed by atoms with Crippen molar-refractivity contribution in [1.82, 2.24) is 19.7 Å². The minimum atomic E-state index is -3.32. The molecule has 2 N–H and O–H groups in total. The Kier molecular flexibility index (Phi) is 6.14. The standard InChI is InChI=1S/C25H33N5O2S/c1-30(24-22-12-15-26-23(22)27-18-28-24)21-10-8-20(9-11-21)17-33(31,32)29-25(13-5-14-25)16-19-6-3-2-4-7-19/h2-4,6-7,12,15,18,20-21,29H,5,8-11,13-14,16-17H2,1H3,(H,26,27,28). The maximum atomic E-state index is 13.1. The molecule has 0 bridgehead atoms. The smallest absolute Gasteiger partial charge is 0.212 e. The van der Waals surface area contributed by atoms with Crippen molar-refractivity contribution in [3.63, 3.8) is 0 Å². The topological polar surface area (TPSA) is 91.0 Å². The summed E-state index contributed by atoms with van der Waals surface area (Å²) in [6.45, 7) is 0. The van der Waals surface area contributed by atoms with E-state index in [-0.39, 0.29) is 17.2 Å². The fourth-order valence-electron chi connectivity index (χ4n) is 5.60. The summed E-state index contributed by atoms with van der Waals surface area (Å²) in [5.41, 5.74) is 1.75. The highest BCUT2D eigenvalue weighted by Crippen LogP contribution is 2.37. The van der Waals surface area contributed by atoms with Crippen LogP contribution in [0.15, 0.2) is 48.9 Å². The van der Waals surface area contributed by atoms with E-state index in [2.05, 4.69) is 43.8 Å². The summed E-state index contributed by atoms with van der Waals surface area (Å²) in [6.07, 6.45) is 11.0. The van der Waals surface area contributed by atoms with Crippen LogP contribution in [0.4, 0.5) is 5.82 Å². The number of aromatic nitrogens is 3. The molecule has 0 amide bonds. The highest BCUT2D eigenvalue weighted by atomic mass is 32.2. The lowest BCUT2D eigenvalue weighted by Crippen LogP contribution is -2.56. The van der Waals surface area contributed by atoms with Crippen LogP contribution in [-0.2, 0) is 16.4 Å². The SMILES string of the molecule is CN(c1ncnc2[nH]ccc12)C1CCC(CS(=O)(=O)NC2(Cc3ccccc3)CCC2)CC1. The van der Waals surface area contributed by atoms with Gasteiger partial charge in [0.05, 0.1) is 11.1 Å². The first-order chi connectivity index (χ1) is 15.9. The molecule has 5 rings (SSSR count). The number of hydrogen-bond acceptors (Lipinski definition) is 5. The molecule has 2 aromatic heterocycles. The summed E-state index contributed by atoms with van der Waals surface area (Å²) in [6, 6.07) is 12.6. The minimum absolute atomic E-state index is 0.207. The number of rotatable bonds is 8. The first-order valence-corrected chi connectivity index (χ1v) is 13.6. The van der Waals surface area contributed by atoms with Crippen molar-refractivity contribution < 1.29 is 8.42 Å². The van der Waals surface area contributed by atoms with Crippen LogP contribution in [0.1, 0.15) is 50.5 Å². The lowest BCUT2D eigenvalue weighted by molar-refractivity contribution is 0.219. The Hall–Kier alpha value is -2.45. The first-order valence-electron chi connectivity index (χ1n) is 12.0. The second-order valence-electron chi connectivity index (χ2n) is 9.90. The number of benzene rings is 1. The van der Waals surface area contributed by atoms with Crippen LogP contribution in [0.2, 0.25) is 0 Å². The second kappa shape index (κ2) is 9.06. The van der Waals surface area contributed by atoms with Gasteiger partial charge >= 0.3 is 0 Å². The Balaban J connectivity index is 1.18. The van der Waals surface area contributed by atoms with Crippen LogP contribution in [0.3, 0.4) is 0 Å². The first kappa shape index (κ1) is 22.3. The van der Waals surface area contributed by atoms with E-state index in [0.717, 1.165) is 68.2 Å². The molecule has 0 spiro atoms. The third kappa shape index (κ3) is 4.92. The summed E-state index contributed by atoms with van der Waals surface area (Å²) in [4.78, 5) is 14.2. The Morgan fingerprint density at radius 1 is 1.09 bits per heavy atom. The quantitative estimate of drug-likeness (QED) is 0.522. The average molecular weight is 468 g/mol. The number of H-pyrrole nitrogens is 1. The van der Waals surface area contributed by atoms with Gasteiger partial charge in [0.1, 0.15) is 17.8 Å². The minimum Gasteiger partial charge on any atom is -0.356 e.